The fourth-order valence-corrected chi connectivity index (χ4v) is 1.49. The van der Waals surface area contributed by atoms with Crippen LogP contribution in [-0.4, -0.2) is 22.9 Å². The molecule has 0 bridgehead atoms. The molecule has 0 rings (SSSR count). The van der Waals surface area contributed by atoms with Crippen molar-refractivity contribution in [1.82, 2.24) is 5.32 Å². The molecule has 88 valence electrons. The van der Waals surface area contributed by atoms with Crippen LogP contribution in [0.15, 0.2) is 0 Å². The van der Waals surface area contributed by atoms with E-state index >= 15 is 0 Å². The van der Waals surface area contributed by atoms with Crippen molar-refractivity contribution in [2.75, 3.05) is 5.75 Å². The van der Waals surface area contributed by atoms with Crippen molar-refractivity contribution in [3.8, 4) is 0 Å². The van der Waals surface area contributed by atoms with Crippen molar-refractivity contribution in [3.05, 3.63) is 0 Å². The molecule has 0 aromatic carbocycles. The summed E-state index contributed by atoms with van der Waals surface area (Å²) in [4.78, 5) is 11.3. The zero-order valence-corrected chi connectivity index (χ0v) is 10.5. The standard InChI is InChI=1S/C10H21N3OS/c1-7(2)4-5-8(3)13-9(14)6-15-10(11)12/h7-8H,4-6H2,1-3H3,(H3,11,12)(H,13,14). The van der Waals surface area contributed by atoms with Crippen LogP contribution >= 0.6 is 11.8 Å². The molecule has 0 fully saturated rings. The van der Waals surface area contributed by atoms with Gasteiger partial charge in [-0.2, -0.15) is 0 Å². The predicted octanol–water partition coefficient (Wildman–Crippen LogP) is 1.55. The smallest absolute Gasteiger partial charge is 0.230 e. The highest BCUT2D eigenvalue weighted by molar-refractivity contribution is 8.14. The largest absolute Gasteiger partial charge is 0.379 e. The Labute approximate surface area is 95.9 Å². The monoisotopic (exact) mass is 231 g/mol. The van der Waals surface area contributed by atoms with Gasteiger partial charge in [0.1, 0.15) is 0 Å². The van der Waals surface area contributed by atoms with E-state index in [0.29, 0.717) is 5.92 Å². The number of hydrogen-bond acceptors (Lipinski definition) is 3. The van der Waals surface area contributed by atoms with Crippen LogP contribution in [0.25, 0.3) is 0 Å². The van der Waals surface area contributed by atoms with Crippen LogP contribution in [0.2, 0.25) is 0 Å². The van der Waals surface area contributed by atoms with Crippen molar-refractivity contribution in [2.24, 2.45) is 11.7 Å². The van der Waals surface area contributed by atoms with Gasteiger partial charge in [-0.1, -0.05) is 25.6 Å². The average Bonchev–Trinajstić information content (AvgIpc) is 2.11. The summed E-state index contributed by atoms with van der Waals surface area (Å²) in [6.07, 6.45) is 2.11. The summed E-state index contributed by atoms with van der Waals surface area (Å²) in [5.74, 6) is 0.851. The van der Waals surface area contributed by atoms with E-state index in [2.05, 4.69) is 19.2 Å². The van der Waals surface area contributed by atoms with Gasteiger partial charge in [0.25, 0.3) is 0 Å². The summed E-state index contributed by atoms with van der Waals surface area (Å²) < 4.78 is 0. The van der Waals surface area contributed by atoms with Gasteiger partial charge in [-0.05, 0) is 25.7 Å². The van der Waals surface area contributed by atoms with E-state index < -0.39 is 0 Å². The first-order valence-electron chi connectivity index (χ1n) is 5.18. The molecule has 0 radical (unpaired) electrons. The molecule has 0 heterocycles. The Hall–Kier alpha value is -0.710. The van der Waals surface area contributed by atoms with Crippen LogP contribution in [0.5, 0.6) is 0 Å². The number of thioether (sulfide) groups is 1. The first-order chi connectivity index (χ1) is 6.91. The van der Waals surface area contributed by atoms with Gasteiger partial charge in [-0.25, -0.2) is 0 Å². The van der Waals surface area contributed by atoms with E-state index in [0.717, 1.165) is 24.6 Å². The van der Waals surface area contributed by atoms with Gasteiger partial charge in [0, 0.05) is 6.04 Å². The van der Waals surface area contributed by atoms with Crippen molar-refractivity contribution >= 4 is 22.8 Å². The minimum Gasteiger partial charge on any atom is -0.379 e. The molecule has 0 aromatic heterocycles. The summed E-state index contributed by atoms with van der Waals surface area (Å²) in [6.45, 7) is 6.33. The molecule has 1 amide bonds. The maximum atomic E-state index is 11.3. The Bertz CT molecular complexity index is 219. The Morgan fingerprint density at radius 1 is 1.40 bits per heavy atom. The number of carbonyl (C=O) groups excluding carboxylic acids is 1. The third kappa shape index (κ3) is 9.59. The van der Waals surface area contributed by atoms with Gasteiger partial charge in [0.05, 0.1) is 5.75 Å². The van der Waals surface area contributed by atoms with Crippen molar-refractivity contribution < 1.29 is 4.79 Å². The van der Waals surface area contributed by atoms with E-state index in [1.54, 1.807) is 0 Å². The van der Waals surface area contributed by atoms with E-state index in [4.69, 9.17) is 11.1 Å². The lowest BCUT2D eigenvalue weighted by Gasteiger charge is -2.14. The molecule has 0 saturated carbocycles. The maximum Gasteiger partial charge on any atom is 0.230 e. The van der Waals surface area contributed by atoms with E-state index in [-0.39, 0.29) is 22.9 Å². The molecule has 0 aliphatic heterocycles. The van der Waals surface area contributed by atoms with Crippen molar-refractivity contribution in [3.63, 3.8) is 0 Å². The van der Waals surface area contributed by atoms with Gasteiger partial charge >= 0.3 is 0 Å². The number of nitrogens with one attached hydrogen (secondary N) is 2. The SMILES string of the molecule is CC(C)CCC(C)NC(=O)CSC(=N)N. The van der Waals surface area contributed by atoms with Crippen LogP contribution in [0.4, 0.5) is 0 Å². The molecular formula is C10H21N3OS. The lowest BCUT2D eigenvalue weighted by Crippen LogP contribution is -2.34. The van der Waals surface area contributed by atoms with Gasteiger partial charge in [-0.15, -0.1) is 0 Å². The topological polar surface area (TPSA) is 79.0 Å². The molecule has 4 nitrogen and oxygen atoms in total. The Kier molecular flexibility index (Phi) is 7.21. The van der Waals surface area contributed by atoms with Gasteiger partial charge in [0.15, 0.2) is 5.17 Å². The number of nitrogens with two attached hydrogens (primary N) is 1. The molecule has 0 spiro atoms. The molecule has 4 N–H and O–H groups in total. The molecule has 0 aliphatic rings. The minimum atomic E-state index is -0.0496. The van der Waals surface area contributed by atoms with Gasteiger partial charge in [-0.3, -0.25) is 10.2 Å². The molecule has 15 heavy (non-hydrogen) atoms. The third-order valence-electron chi connectivity index (χ3n) is 1.94. The van der Waals surface area contributed by atoms with Crippen LogP contribution in [0.3, 0.4) is 0 Å². The highest BCUT2D eigenvalue weighted by atomic mass is 32.2. The Morgan fingerprint density at radius 3 is 2.47 bits per heavy atom. The molecular weight excluding hydrogens is 210 g/mol. The number of amides is 1. The first-order valence-corrected chi connectivity index (χ1v) is 6.16. The third-order valence-corrected chi connectivity index (χ3v) is 2.66. The average molecular weight is 231 g/mol. The Morgan fingerprint density at radius 2 is 2.00 bits per heavy atom. The number of hydrogen-bond donors (Lipinski definition) is 3. The Balaban J connectivity index is 3.62. The quantitative estimate of drug-likeness (QED) is 0.479. The molecule has 0 saturated heterocycles. The summed E-state index contributed by atoms with van der Waals surface area (Å²) in [5.41, 5.74) is 5.14. The molecule has 0 aromatic rings. The second-order valence-corrected chi connectivity index (χ2v) is 5.11. The summed E-state index contributed by atoms with van der Waals surface area (Å²) in [7, 11) is 0. The fourth-order valence-electron chi connectivity index (χ4n) is 1.12. The lowest BCUT2D eigenvalue weighted by atomic mass is 10.0. The number of amidine groups is 1. The molecule has 5 heteroatoms. The summed E-state index contributed by atoms with van der Waals surface area (Å²) in [5, 5.41) is 9.83. The van der Waals surface area contributed by atoms with Crippen LogP contribution in [-0.2, 0) is 4.79 Å². The fraction of sp³-hybridized carbons (Fsp3) is 0.800. The van der Waals surface area contributed by atoms with E-state index in [9.17, 15) is 4.79 Å². The van der Waals surface area contributed by atoms with Gasteiger partial charge in [0.2, 0.25) is 5.91 Å². The number of rotatable bonds is 6. The highest BCUT2D eigenvalue weighted by Gasteiger charge is 2.08. The van der Waals surface area contributed by atoms with Crippen molar-refractivity contribution in [2.45, 2.75) is 39.7 Å². The molecule has 0 aliphatic carbocycles. The zero-order valence-electron chi connectivity index (χ0n) is 9.67. The van der Waals surface area contributed by atoms with Crippen molar-refractivity contribution in [1.29, 1.82) is 5.41 Å². The van der Waals surface area contributed by atoms with Crippen LogP contribution in [0, 0.1) is 11.3 Å². The number of carbonyl (C=O) groups is 1. The normalized spacial score (nSPS) is 12.5. The predicted molar refractivity (Wildman–Crippen MR) is 66.0 cm³/mol. The maximum absolute atomic E-state index is 11.3. The lowest BCUT2D eigenvalue weighted by molar-refractivity contribution is -0.119. The van der Waals surface area contributed by atoms with Crippen LogP contribution < -0.4 is 11.1 Å². The zero-order chi connectivity index (χ0) is 11.8. The minimum absolute atomic E-state index is 0.0139. The first kappa shape index (κ1) is 14.3. The second kappa shape index (κ2) is 7.56. The van der Waals surface area contributed by atoms with E-state index in [1.165, 1.54) is 0 Å². The second-order valence-electron chi connectivity index (χ2n) is 4.09. The highest BCUT2D eigenvalue weighted by Crippen LogP contribution is 2.06. The molecule has 1 atom stereocenters. The van der Waals surface area contributed by atoms with Gasteiger partial charge < -0.3 is 11.1 Å². The summed E-state index contributed by atoms with van der Waals surface area (Å²) in [6, 6.07) is 0.201. The summed E-state index contributed by atoms with van der Waals surface area (Å²) >= 11 is 1.05. The molecule has 1 unspecified atom stereocenters. The van der Waals surface area contributed by atoms with E-state index in [1.807, 2.05) is 6.92 Å². The van der Waals surface area contributed by atoms with Crippen LogP contribution in [0.1, 0.15) is 33.6 Å².